The number of aromatic nitrogens is 1. The number of anilines is 1. The van der Waals surface area contributed by atoms with Crippen molar-refractivity contribution >= 4 is 27.9 Å². The van der Waals surface area contributed by atoms with Crippen LogP contribution in [0.2, 0.25) is 0 Å². The Balaban J connectivity index is 1.38. The number of ether oxygens (including phenoxy) is 1. The Morgan fingerprint density at radius 3 is 2.88 bits per heavy atom. The first-order valence-corrected chi connectivity index (χ1v) is 9.30. The van der Waals surface area contributed by atoms with E-state index in [-0.39, 0.29) is 11.8 Å². The number of thiophene rings is 1. The van der Waals surface area contributed by atoms with Crippen molar-refractivity contribution in [1.82, 2.24) is 4.98 Å². The van der Waals surface area contributed by atoms with Crippen molar-refractivity contribution in [2.75, 3.05) is 5.32 Å². The Hall–Kier alpha value is -3.05. The summed E-state index contributed by atoms with van der Waals surface area (Å²) in [5.74, 6) is 0.888. The van der Waals surface area contributed by atoms with Crippen molar-refractivity contribution in [2.45, 2.75) is 12.6 Å². The average Bonchev–Trinajstić information content (AvgIpc) is 3.32. The number of para-hydroxylation sites is 1. The van der Waals surface area contributed by atoms with Crippen LogP contribution in [0.3, 0.4) is 0 Å². The SMILES string of the molecule is Oc1cc(OCc2ccc3ccccc3n2)c2cc1C(c1cccs1)N2. The summed E-state index contributed by atoms with van der Waals surface area (Å²) >= 11 is 1.67. The zero-order valence-electron chi connectivity index (χ0n) is 13.8. The predicted octanol–water partition coefficient (Wildman–Crippen LogP) is 5.10. The molecule has 0 radical (unpaired) electrons. The van der Waals surface area contributed by atoms with Crippen molar-refractivity contribution < 1.29 is 9.84 Å². The molecule has 2 aromatic heterocycles. The van der Waals surface area contributed by atoms with Crippen LogP contribution in [0.4, 0.5) is 5.69 Å². The number of rotatable bonds is 4. The lowest BCUT2D eigenvalue weighted by molar-refractivity contribution is 0.302. The number of hydrogen-bond donors (Lipinski definition) is 2. The fraction of sp³-hybridized carbons (Fsp3) is 0.0952. The summed E-state index contributed by atoms with van der Waals surface area (Å²) < 4.78 is 5.96. The highest BCUT2D eigenvalue weighted by molar-refractivity contribution is 7.10. The maximum absolute atomic E-state index is 10.4. The van der Waals surface area contributed by atoms with Gasteiger partial charge in [-0.2, -0.15) is 0 Å². The molecule has 26 heavy (non-hydrogen) atoms. The number of benzene rings is 2. The lowest BCUT2D eigenvalue weighted by atomic mass is 10.1. The minimum Gasteiger partial charge on any atom is -0.507 e. The lowest BCUT2D eigenvalue weighted by Crippen LogP contribution is -2.04. The van der Waals surface area contributed by atoms with Gasteiger partial charge in [0.2, 0.25) is 0 Å². The van der Waals surface area contributed by atoms with Crippen molar-refractivity contribution in [3.8, 4) is 11.5 Å². The first-order valence-electron chi connectivity index (χ1n) is 8.42. The van der Waals surface area contributed by atoms with Crippen molar-refractivity contribution in [3.05, 3.63) is 82.2 Å². The van der Waals surface area contributed by atoms with Crippen LogP contribution < -0.4 is 10.1 Å². The van der Waals surface area contributed by atoms with Crippen LogP contribution in [-0.2, 0) is 6.61 Å². The van der Waals surface area contributed by atoms with Gasteiger partial charge in [-0.1, -0.05) is 30.3 Å². The highest BCUT2D eigenvalue weighted by atomic mass is 32.1. The van der Waals surface area contributed by atoms with E-state index < -0.39 is 0 Å². The van der Waals surface area contributed by atoms with E-state index in [2.05, 4.69) is 16.4 Å². The van der Waals surface area contributed by atoms with Crippen molar-refractivity contribution in [1.29, 1.82) is 0 Å². The van der Waals surface area contributed by atoms with Gasteiger partial charge in [0, 0.05) is 21.9 Å². The molecule has 4 aromatic rings. The van der Waals surface area contributed by atoms with E-state index in [1.165, 1.54) is 4.88 Å². The van der Waals surface area contributed by atoms with E-state index in [1.54, 1.807) is 17.4 Å². The third kappa shape index (κ3) is 2.57. The molecule has 1 unspecified atom stereocenters. The number of phenols is 1. The summed E-state index contributed by atoms with van der Waals surface area (Å²) in [5, 5.41) is 17.0. The Labute approximate surface area is 154 Å². The molecule has 1 aliphatic rings. The number of hydrogen-bond acceptors (Lipinski definition) is 5. The zero-order valence-corrected chi connectivity index (χ0v) is 14.7. The highest BCUT2D eigenvalue weighted by Crippen LogP contribution is 2.46. The standard InChI is InChI=1S/C21H16N2O2S/c24-18-11-19(17-10-15(18)21(23-17)20-6-3-9-26-20)25-12-14-8-7-13-4-1-2-5-16(13)22-14/h1-11,21,23-24H,12H2. The Bertz CT molecular complexity index is 1090. The molecule has 5 heteroatoms. The lowest BCUT2D eigenvalue weighted by Gasteiger charge is -2.11. The first-order chi connectivity index (χ1) is 12.8. The van der Waals surface area contributed by atoms with Gasteiger partial charge in [0.25, 0.3) is 0 Å². The summed E-state index contributed by atoms with van der Waals surface area (Å²) in [7, 11) is 0. The average molecular weight is 360 g/mol. The molecule has 1 aliphatic heterocycles. The molecule has 0 saturated carbocycles. The molecule has 3 heterocycles. The Morgan fingerprint density at radius 2 is 2.00 bits per heavy atom. The van der Waals surface area contributed by atoms with Crippen LogP contribution in [-0.4, -0.2) is 10.1 Å². The van der Waals surface area contributed by atoms with Gasteiger partial charge >= 0.3 is 0 Å². The largest absolute Gasteiger partial charge is 0.507 e. The predicted molar refractivity (Wildman–Crippen MR) is 104 cm³/mol. The van der Waals surface area contributed by atoms with Crippen LogP contribution >= 0.6 is 11.3 Å². The fourth-order valence-electron chi connectivity index (χ4n) is 3.30. The second kappa shape index (κ2) is 6.04. The van der Waals surface area contributed by atoms with Gasteiger partial charge in [0.05, 0.1) is 22.9 Å². The fourth-order valence-corrected chi connectivity index (χ4v) is 4.10. The Kier molecular flexibility index (Phi) is 3.53. The number of fused-ring (bicyclic) bond motifs is 3. The Morgan fingerprint density at radius 1 is 1.08 bits per heavy atom. The van der Waals surface area contributed by atoms with Gasteiger partial charge in [-0.3, -0.25) is 0 Å². The van der Waals surface area contributed by atoms with Crippen LogP contribution in [0.1, 0.15) is 22.2 Å². The normalized spacial score (nSPS) is 15.2. The number of nitrogens with zero attached hydrogens (tertiary/aromatic N) is 1. The molecule has 0 aliphatic carbocycles. The second-order valence-corrected chi connectivity index (χ2v) is 7.26. The summed E-state index contributed by atoms with van der Waals surface area (Å²) in [4.78, 5) is 5.80. The maximum atomic E-state index is 10.4. The van der Waals surface area contributed by atoms with Gasteiger partial charge in [-0.25, -0.2) is 4.98 Å². The highest BCUT2D eigenvalue weighted by Gasteiger charge is 2.28. The zero-order chi connectivity index (χ0) is 17.5. The molecule has 128 valence electrons. The van der Waals surface area contributed by atoms with E-state index in [0.29, 0.717) is 12.4 Å². The van der Waals surface area contributed by atoms with E-state index in [1.807, 2.05) is 53.9 Å². The van der Waals surface area contributed by atoms with Gasteiger partial charge in [0.1, 0.15) is 18.1 Å². The molecular weight excluding hydrogens is 344 g/mol. The monoisotopic (exact) mass is 360 g/mol. The third-order valence-corrected chi connectivity index (χ3v) is 5.54. The van der Waals surface area contributed by atoms with E-state index in [9.17, 15) is 5.11 Å². The van der Waals surface area contributed by atoms with Gasteiger partial charge in [-0.05, 0) is 29.6 Å². The molecule has 4 nitrogen and oxygen atoms in total. The number of aromatic hydroxyl groups is 1. The van der Waals surface area contributed by atoms with Crippen LogP contribution in [0.15, 0.2) is 66.0 Å². The van der Waals surface area contributed by atoms with Crippen molar-refractivity contribution in [2.24, 2.45) is 0 Å². The van der Waals surface area contributed by atoms with E-state index in [4.69, 9.17) is 4.74 Å². The summed E-state index contributed by atoms with van der Waals surface area (Å²) in [6.07, 6.45) is 0. The van der Waals surface area contributed by atoms with E-state index >= 15 is 0 Å². The topological polar surface area (TPSA) is 54.4 Å². The molecule has 5 rings (SSSR count). The third-order valence-electron chi connectivity index (χ3n) is 4.60. The van der Waals surface area contributed by atoms with Crippen LogP contribution in [0.25, 0.3) is 10.9 Å². The van der Waals surface area contributed by atoms with Crippen molar-refractivity contribution in [3.63, 3.8) is 0 Å². The summed E-state index contributed by atoms with van der Waals surface area (Å²) in [5.41, 5.74) is 3.59. The number of nitrogens with one attached hydrogen (secondary N) is 1. The summed E-state index contributed by atoms with van der Waals surface area (Å²) in [6.45, 7) is 0.349. The van der Waals surface area contributed by atoms with E-state index in [0.717, 1.165) is 27.8 Å². The molecule has 2 N–H and O–H groups in total. The molecule has 2 aromatic carbocycles. The molecule has 0 amide bonds. The minimum atomic E-state index is -0.0128. The van der Waals surface area contributed by atoms with Crippen LogP contribution in [0, 0.1) is 0 Å². The molecule has 0 spiro atoms. The maximum Gasteiger partial charge on any atom is 0.146 e. The van der Waals surface area contributed by atoms with Gasteiger partial charge in [0.15, 0.2) is 0 Å². The number of phenolic OH excluding ortho intramolecular Hbond substituents is 1. The quantitative estimate of drug-likeness (QED) is 0.497. The van der Waals surface area contributed by atoms with Crippen LogP contribution in [0.5, 0.6) is 11.5 Å². The molecular formula is C21H16N2O2S. The first kappa shape index (κ1) is 15.2. The van der Waals surface area contributed by atoms with Gasteiger partial charge < -0.3 is 15.2 Å². The molecule has 0 fully saturated rings. The minimum absolute atomic E-state index is 0.0128. The number of pyridine rings is 1. The molecule has 1 atom stereocenters. The molecule has 2 bridgehead atoms. The van der Waals surface area contributed by atoms with Gasteiger partial charge in [-0.15, -0.1) is 11.3 Å². The smallest absolute Gasteiger partial charge is 0.146 e. The second-order valence-electron chi connectivity index (χ2n) is 6.28. The summed E-state index contributed by atoms with van der Waals surface area (Å²) in [6, 6.07) is 19.7. The molecule has 0 saturated heterocycles.